The van der Waals surface area contributed by atoms with E-state index in [4.69, 9.17) is 26.4 Å². The number of benzene rings is 2. The van der Waals surface area contributed by atoms with Crippen LogP contribution in [0.3, 0.4) is 0 Å². The maximum atomic E-state index is 14.8. The molecule has 0 spiro atoms. The summed E-state index contributed by atoms with van der Waals surface area (Å²) in [7, 11) is 8.16. The third kappa shape index (κ3) is 11.0. The fourth-order valence-corrected chi connectivity index (χ4v) is 4.73. The van der Waals surface area contributed by atoms with Crippen LogP contribution in [0.5, 0.6) is 5.75 Å². The van der Waals surface area contributed by atoms with Crippen molar-refractivity contribution in [1.82, 2.24) is 19.4 Å². The van der Waals surface area contributed by atoms with Gasteiger partial charge in [-0.05, 0) is 30.3 Å². The molecule has 13 nitrogen and oxygen atoms in total. The van der Waals surface area contributed by atoms with E-state index in [1.54, 1.807) is 37.0 Å². The topological polar surface area (TPSA) is 147 Å². The quantitative estimate of drug-likeness (QED) is 0.245. The second kappa shape index (κ2) is 20.4. The van der Waals surface area contributed by atoms with Gasteiger partial charge in [0.2, 0.25) is 5.82 Å². The van der Waals surface area contributed by atoms with Crippen LogP contribution >= 0.6 is 11.6 Å². The van der Waals surface area contributed by atoms with E-state index in [9.17, 15) is 23.2 Å². The smallest absolute Gasteiger partial charge is 0.418 e. The Hall–Kier alpha value is -5.07. The van der Waals surface area contributed by atoms with Crippen molar-refractivity contribution in [3.8, 4) is 23.1 Å². The summed E-state index contributed by atoms with van der Waals surface area (Å²) < 4.78 is 39.4. The third-order valence-corrected chi connectivity index (χ3v) is 7.08. The number of carbonyl (C=O) groups is 4. The van der Waals surface area contributed by atoms with Gasteiger partial charge >= 0.3 is 6.03 Å². The SMILES string of the molecule is CC.CC.COC=O.Cn1c(-c2ccc(OCC#N)c(F)c2F)cnc1C(=O)Nc1ccc(C(=O)N2CCN(C(=O)[N+](C)(C)C)CC2)c(Cl)c1. The number of methoxy groups -OCH3 is 1. The highest BCUT2D eigenvalue weighted by Crippen LogP contribution is 2.30. The van der Waals surface area contributed by atoms with E-state index in [0.29, 0.717) is 38.3 Å². The summed E-state index contributed by atoms with van der Waals surface area (Å²) in [6.07, 6.45) is 1.23. The first-order chi connectivity index (χ1) is 23.7. The molecular formula is C34H45ClF2N7O6+. The highest BCUT2D eigenvalue weighted by Gasteiger charge is 2.32. The van der Waals surface area contributed by atoms with E-state index in [-0.39, 0.29) is 44.1 Å². The van der Waals surface area contributed by atoms with Crippen LogP contribution in [0.15, 0.2) is 36.5 Å². The van der Waals surface area contributed by atoms with Gasteiger partial charge in [0, 0.05) is 44.5 Å². The number of nitrogens with zero attached hydrogens (tertiary/aromatic N) is 6. The van der Waals surface area contributed by atoms with E-state index in [1.807, 2.05) is 27.7 Å². The summed E-state index contributed by atoms with van der Waals surface area (Å²) in [5.41, 5.74) is 0.519. The Balaban J connectivity index is 0.00000143. The predicted octanol–water partition coefficient (Wildman–Crippen LogP) is 5.60. The average Bonchev–Trinajstić information content (AvgIpc) is 3.50. The zero-order chi connectivity index (χ0) is 38.2. The van der Waals surface area contributed by atoms with Gasteiger partial charge in [-0.3, -0.25) is 19.3 Å². The van der Waals surface area contributed by atoms with Gasteiger partial charge in [-0.25, -0.2) is 18.7 Å². The van der Waals surface area contributed by atoms with E-state index < -0.39 is 29.9 Å². The normalized spacial score (nSPS) is 12.0. The largest absolute Gasteiger partial charge is 0.476 e. The summed E-state index contributed by atoms with van der Waals surface area (Å²) in [6, 6.07) is 8.56. The van der Waals surface area contributed by atoms with Crippen LogP contribution in [0.4, 0.5) is 19.3 Å². The predicted molar refractivity (Wildman–Crippen MR) is 186 cm³/mol. The van der Waals surface area contributed by atoms with Crippen molar-refractivity contribution in [2.45, 2.75) is 27.7 Å². The van der Waals surface area contributed by atoms with Crippen molar-refractivity contribution in [2.24, 2.45) is 7.05 Å². The summed E-state index contributed by atoms with van der Waals surface area (Å²) in [6.45, 7) is 9.48. The molecule has 0 aliphatic carbocycles. The van der Waals surface area contributed by atoms with Crippen LogP contribution < -0.4 is 10.1 Å². The molecule has 50 heavy (non-hydrogen) atoms. The van der Waals surface area contributed by atoms with Crippen molar-refractivity contribution < 1.29 is 41.9 Å². The lowest BCUT2D eigenvalue weighted by molar-refractivity contribution is -0.790. The number of urea groups is 1. The summed E-state index contributed by atoms with van der Waals surface area (Å²) >= 11 is 6.41. The molecule has 1 aliphatic heterocycles. The lowest BCUT2D eigenvalue weighted by Gasteiger charge is -2.36. The molecule has 1 N–H and O–H groups in total. The number of aromatic nitrogens is 2. The minimum Gasteiger partial charge on any atom is -0.476 e. The molecule has 4 amide bonds. The third-order valence-electron chi connectivity index (χ3n) is 6.77. The van der Waals surface area contributed by atoms with Crippen molar-refractivity contribution in [3.05, 3.63) is 64.6 Å². The fourth-order valence-electron chi connectivity index (χ4n) is 4.47. The van der Waals surface area contributed by atoms with Crippen LogP contribution in [0.1, 0.15) is 48.7 Å². The molecule has 0 bridgehead atoms. The zero-order valence-corrected chi connectivity index (χ0v) is 30.6. The number of quaternary nitrogens is 1. The molecule has 1 aliphatic rings. The Bertz CT molecular complexity index is 1660. The first-order valence-electron chi connectivity index (χ1n) is 15.7. The molecule has 2 aromatic carbocycles. The molecule has 0 atom stereocenters. The number of imidazole rings is 1. The number of ether oxygens (including phenoxy) is 2. The van der Waals surface area contributed by atoms with E-state index in [0.717, 1.165) is 0 Å². The molecule has 0 radical (unpaired) electrons. The Labute approximate surface area is 296 Å². The molecule has 1 fully saturated rings. The van der Waals surface area contributed by atoms with Gasteiger partial charge in [-0.2, -0.15) is 9.65 Å². The summed E-state index contributed by atoms with van der Waals surface area (Å²) in [4.78, 5) is 54.9. The van der Waals surface area contributed by atoms with Crippen LogP contribution in [-0.2, 0) is 16.6 Å². The Morgan fingerprint density at radius 2 is 1.60 bits per heavy atom. The van der Waals surface area contributed by atoms with Gasteiger partial charge in [-0.1, -0.05) is 39.3 Å². The molecule has 0 unspecified atom stereocenters. The first-order valence-corrected chi connectivity index (χ1v) is 16.1. The number of hydrogen-bond donors (Lipinski definition) is 1. The van der Waals surface area contributed by atoms with Crippen molar-refractivity contribution >= 4 is 41.6 Å². The minimum absolute atomic E-state index is 0.0307. The average molecular weight is 721 g/mol. The second-order valence-electron chi connectivity index (χ2n) is 10.8. The molecule has 4 rings (SSSR count). The highest BCUT2D eigenvalue weighted by molar-refractivity contribution is 6.34. The number of hydrogen-bond acceptors (Lipinski definition) is 8. The lowest BCUT2D eigenvalue weighted by atomic mass is 10.1. The van der Waals surface area contributed by atoms with Gasteiger partial charge in [0.25, 0.3) is 18.3 Å². The number of nitriles is 1. The maximum Gasteiger partial charge on any atom is 0.418 e. The molecule has 2 heterocycles. The number of nitrogens with one attached hydrogen (secondary N) is 1. The van der Waals surface area contributed by atoms with E-state index >= 15 is 0 Å². The van der Waals surface area contributed by atoms with Gasteiger partial charge < -0.3 is 24.3 Å². The number of halogens is 3. The minimum atomic E-state index is -1.27. The second-order valence-corrected chi connectivity index (χ2v) is 11.2. The fraction of sp³-hybridized carbons (Fsp3) is 0.412. The standard InChI is InChI=1S/C28H28ClF2N7O4.C2H4O2.2C2H6/c1-35-21(19-7-8-22(42-14-9-32)24(31)23(19)30)16-33-25(35)26(39)34-17-5-6-18(20(29)15-17)27(40)36-10-12-37(13-11-36)28(41)38(2,3)4;1-4-2-3;2*1-2/h5-8,15-16H,10-14H2,1-4H3;2H,1H3;2*1-2H3/p+1. The Morgan fingerprint density at radius 3 is 2.12 bits per heavy atom. The number of anilines is 1. The molecule has 1 saturated heterocycles. The maximum absolute atomic E-state index is 14.8. The molecule has 16 heteroatoms. The Kier molecular flexibility index (Phi) is 17.6. The van der Waals surface area contributed by atoms with E-state index in [2.05, 4.69) is 15.0 Å². The first kappa shape index (κ1) is 43.0. The lowest BCUT2D eigenvalue weighted by Crippen LogP contribution is -2.57. The van der Waals surface area contributed by atoms with Crippen LogP contribution in [0.2, 0.25) is 5.02 Å². The Morgan fingerprint density at radius 1 is 1.02 bits per heavy atom. The van der Waals surface area contributed by atoms with E-state index in [1.165, 1.54) is 55.3 Å². The van der Waals surface area contributed by atoms with Crippen molar-refractivity contribution in [2.75, 3.05) is 66.4 Å². The summed E-state index contributed by atoms with van der Waals surface area (Å²) in [5.74, 6) is -3.91. The molecule has 0 saturated carbocycles. The number of amides is 4. The van der Waals surface area contributed by atoms with Gasteiger partial charge in [0.05, 0.1) is 50.7 Å². The molecule has 1 aromatic heterocycles. The number of rotatable bonds is 7. The highest BCUT2D eigenvalue weighted by atomic mass is 35.5. The van der Waals surface area contributed by atoms with Gasteiger partial charge in [0.1, 0.15) is 6.07 Å². The van der Waals surface area contributed by atoms with Crippen molar-refractivity contribution in [1.29, 1.82) is 5.26 Å². The number of carbonyl (C=O) groups excluding carboxylic acids is 4. The zero-order valence-electron chi connectivity index (χ0n) is 29.8. The van der Waals surface area contributed by atoms with Gasteiger partial charge in [0.15, 0.2) is 24.0 Å². The monoisotopic (exact) mass is 720 g/mol. The molecular weight excluding hydrogens is 676 g/mol. The molecule has 272 valence electrons. The van der Waals surface area contributed by atoms with Crippen LogP contribution in [0.25, 0.3) is 11.3 Å². The number of piperazine rings is 1. The van der Waals surface area contributed by atoms with Gasteiger partial charge in [-0.15, -0.1) is 0 Å². The summed E-state index contributed by atoms with van der Waals surface area (Å²) in [5, 5.41) is 11.4. The molecule has 3 aromatic rings. The van der Waals surface area contributed by atoms with Crippen molar-refractivity contribution in [3.63, 3.8) is 0 Å². The van der Waals surface area contributed by atoms with Crippen LogP contribution in [0, 0.1) is 23.0 Å². The van der Waals surface area contributed by atoms with Crippen LogP contribution in [-0.4, -0.2) is 109 Å².